The number of phenolic OH excluding ortho intramolecular Hbond substituents is 1. The second kappa shape index (κ2) is 13.9. The number of hydrogen-bond donors (Lipinski definition) is 7. The third-order valence-corrected chi connectivity index (χ3v) is 8.99. The van der Waals surface area contributed by atoms with Crippen molar-refractivity contribution in [1.29, 1.82) is 0 Å². The first-order chi connectivity index (χ1) is 21.8. The lowest BCUT2D eigenvalue weighted by Gasteiger charge is -2.46. The lowest BCUT2D eigenvalue weighted by atomic mass is 9.59. The van der Waals surface area contributed by atoms with Crippen LogP contribution in [0.15, 0.2) is 53.3 Å². The van der Waals surface area contributed by atoms with Crippen molar-refractivity contribution in [2.75, 3.05) is 40.3 Å². The van der Waals surface area contributed by atoms with Gasteiger partial charge in [-0.15, -0.1) is 0 Å². The van der Waals surface area contributed by atoms with E-state index in [9.17, 15) is 39.6 Å². The number of primary amides is 1. The van der Waals surface area contributed by atoms with Gasteiger partial charge in [0.2, 0.25) is 5.78 Å². The third-order valence-electron chi connectivity index (χ3n) is 8.99. The van der Waals surface area contributed by atoms with E-state index in [1.807, 2.05) is 14.1 Å². The summed E-state index contributed by atoms with van der Waals surface area (Å²) in [7, 11) is 3.75. The number of benzene rings is 2. The van der Waals surface area contributed by atoms with E-state index in [0.717, 1.165) is 19.6 Å². The summed E-state index contributed by atoms with van der Waals surface area (Å²) in [6, 6.07) is 9.99. The van der Waals surface area contributed by atoms with Gasteiger partial charge >= 0.3 is 0 Å². The Morgan fingerprint density at radius 1 is 1.04 bits per heavy atom. The molecule has 0 bridgehead atoms. The van der Waals surface area contributed by atoms with Gasteiger partial charge in [0.05, 0.1) is 5.56 Å². The molecule has 0 heterocycles. The van der Waals surface area contributed by atoms with Crippen molar-refractivity contribution in [2.24, 2.45) is 17.6 Å². The summed E-state index contributed by atoms with van der Waals surface area (Å²) in [5, 5.41) is 50.0. The number of hydrogen-bond acceptors (Lipinski definition) is 10. The second-order valence-corrected chi connectivity index (χ2v) is 11.8. The van der Waals surface area contributed by atoms with Crippen LogP contribution in [0.4, 0.5) is 0 Å². The standard InChI is InChI=1S/C32H35N3O8.C2H7N/c1-3-35(4-2)11-10-34-31(42)17-7-5-6-16(12-17)20-8-9-22(36)25-21(20)14-18-13-19-15-23(37)26(30(33)41)29(40)32(19,43)28(39)24(18)27(25)38;1-3-2/h5-9,12,18-19,36,38,40,43H,3-4,10-11,13-15H2,1-2H3,(H2,33,41)(H,34,42);3H,1-2H3/t18-,19+,32+;/m1./s1. The molecule has 2 aromatic rings. The van der Waals surface area contributed by atoms with E-state index in [1.165, 1.54) is 6.07 Å². The minimum absolute atomic E-state index is 0.00120. The first-order valence-corrected chi connectivity index (χ1v) is 15.4. The predicted octanol–water partition coefficient (Wildman–Crippen LogP) is 2.00. The molecule has 0 aromatic heterocycles. The largest absolute Gasteiger partial charge is 0.508 e. The number of aliphatic hydroxyl groups excluding tert-OH is 2. The summed E-state index contributed by atoms with van der Waals surface area (Å²) < 4.78 is 0. The molecule has 8 N–H and O–H groups in total. The minimum atomic E-state index is -2.62. The molecule has 5 rings (SSSR count). The summed E-state index contributed by atoms with van der Waals surface area (Å²) in [4.78, 5) is 53.3. The van der Waals surface area contributed by atoms with Gasteiger partial charge in [-0.2, -0.15) is 0 Å². The van der Waals surface area contributed by atoms with Crippen molar-refractivity contribution in [3.63, 3.8) is 0 Å². The van der Waals surface area contributed by atoms with Crippen LogP contribution in [0.2, 0.25) is 0 Å². The van der Waals surface area contributed by atoms with Crippen molar-refractivity contribution >= 4 is 29.1 Å². The third kappa shape index (κ3) is 6.03. The van der Waals surface area contributed by atoms with Crippen LogP contribution in [0, 0.1) is 11.8 Å². The highest BCUT2D eigenvalue weighted by Crippen LogP contribution is 2.53. The normalized spacial score (nSPS) is 22.0. The fourth-order valence-corrected chi connectivity index (χ4v) is 6.69. The molecular formula is C34H42N4O8. The molecule has 2 aromatic carbocycles. The van der Waals surface area contributed by atoms with Crippen LogP contribution >= 0.6 is 0 Å². The minimum Gasteiger partial charge on any atom is -0.508 e. The molecule has 1 fully saturated rings. The molecule has 3 aliphatic carbocycles. The van der Waals surface area contributed by atoms with E-state index in [4.69, 9.17) is 5.73 Å². The molecule has 46 heavy (non-hydrogen) atoms. The first kappa shape index (κ1) is 34.4. The Hall–Kier alpha value is -4.52. The summed E-state index contributed by atoms with van der Waals surface area (Å²) in [6.07, 6.45) is -0.189. The number of ketones is 2. The monoisotopic (exact) mass is 634 g/mol. The van der Waals surface area contributed by atoms with E-state index in [0.29, 0.717) is 28.8 Å². The van der Waals surface area contributed by atoms with Gasteiger partial charge in [-0.1, -0.05) is 32.0 Å². The molecule has 0 spiro atoms. The summed E-state index contributed by atoms with van der Waals surface area (Å²) >= 11 is 0. The van der Waals surface area contributed by atoms with Gasteiger partial charge in [-0.25, -0.2) is 0 Å². The van der Waals surface area contributed by atoms with Crippen LogP contribution in [0.25, 0.3) is 16.9 Å². The Labute approximate surface area is 267 Å². The van der Waals surface area contributed by atoms with E-state index < -0.39 is 52.0 Å². The van der Waals surface area contributed by atoms with E-state index >= 15 is 0 Å². The fourth-order valence-electron chi connectivity index (χ4n) is 6.69. The SMILES string of the molecule is CCN(CC)CCNC(=O)c1cccc(-c2ccc(O)c3c2C[C@H]2C[C@H]4CC(=O)C(C(N)=O)=C(O)[C@@]4(O)C(=O)C2=C3O)c1.CNC. The van der Waals surface area contributed by atoms with Crippen molar-refractivity contribution in [1.82, 2.24) is 15.5 Å². The number of rotatable bonds is 8. The topological polar surface area (TPSA) is 203 Å². The molecule has 12 nitrogen and oxygen atoms in total. The quantitative estimate of drug-likeness (QED) is 0.211. The molecule has 12 heteroatoms. The molecule has 246 valence electrons. The Balaban J connectivity index is 0.00000154. The van der Waals surface area contributed by atoms with Crippen molar-refractivity contribution in [3.8, 4) is 16.9 Å². The number of Topliss-reactive ketones (excluding diaryl/α,β-unsaturated/α-hetero) is 2. The Morgan fingerprint density at radius 3 is 2.35 bits per heavy atom. The number of aliphatic hydroxyl groups is 3. The van der Waals surface area contributed by atoms with Crippen LogP contribution < -0.4 is 16.4 Å². The lowest BCUT2D eigenvalue weighted by molar-refractivity contribution is -0.147. The van der Waals surface area contributed by atoms with Gasteiger partial charge in [0.25, 0.3) is 11.8 Å². The van der Waals surface area contributed by atoms with E-state index in [2.05, 4.69) is 29.4 Å². The highest BCUT2D eigenvalue weighted by atomic mass is 16.3. The Kier molecular flexibility index (Phi) is 10.3. The van der Waals surface area contributed by atoms with Gasteiger partial charge in [0.1, 0.15) is 22.8 Å². The Morgan fingerprint density at radius 2 is 1.72 bits per heavy atom. The van der Waals surface area contributed by atoms with Gasteiger partial charge < -0.3 is 41.7 Å². The predicted molar refractivity (Wildman–Crippen MR) is 172 cm³/mol. The second-order valence-electron chi connectivity index (χ2n) is 11.8. The molecule has 3 atom stereocenters. The number of fused-ring (bicyclic) bond motifs is 3. The van der Waals surface area contributed by atoms with Gasteiger partial charge in [-0.05, 0) is 80.8 Å². The van der Waals surface area contributed by atoms with E-state index in [1.54, 1.807) is 30.3 Å². The number of carbonyl (C=O) groups is 4. The van der Waals surface area contributed by atoms with Gasteiger partial charge in [0, 0.05) is 36.6 Å². The first-order valence-electron chi connectivity index (χ1n) is 15.4. The summed E-state index contributed by atoms with van der Waals surface area (Å²) in [5.74, 6) is -7.01. The van der Waals surface area contributed by atoms with E-state index in [-0.39, 0.29) is 42.1 Å². The zero-order chi connectivity index (χ0) is 33.9. The number of likely N-dealkylation sites (N-methyl/N-ethyl adjacent to an activating group) is 1. The fraction of sp³-hybridized carbons (Fsp3) is 0.412. The summed E-state index contributed by atoms with van der Waals surface area (Å²) in [6.45, 7) is 7.08. The summed E-state index contributed by atoms with van der Waals surface area (Å²) in [5.41, 5.74) is 3.84. The van der Waals surface area contributed by atoms with Crippen LogP contribution in [-0.2, 0) is 20.8 Å². The maximum atomic E-state index is 13.7. The van der Waals surface area contributed by atoms with Crippen molar-refractivity contribution in [3.05, 3.63) is 70.0 Å². The number of phenols is 1. The number of nitrogens with zero attached hydrogens (tertiary/aromatic N) is 1. The average molecular weight is 635 g/mol. The molecule has 0 saturated heterocycles. The molecule has 0 aliphatic heterocycles. The lowest BCUT2D eigenvalue weighted by Crippen LogP contribution is -2.58. The highest BCUT2D eigenvalue weighted by Gasteiger charge is 2.60. The van der Waals surface area contributed by atoms with Crippen molar-refractivity contribution in [2.45, 2.75) is 38.7 Å². The van der Waals surface area contributed by atoms with Crippen LogP contribution in [0.3, 0.4) is 0 Å². The maximum absolute atomic E-state index is 13.7. The number of amides is 2. The molecule has 0 unspecified atom stereocenters. The van der Waals surface area contributed by atoms with Crippen LogP contribution in [-0.4, -0.2) is 94.6 Å². The molecule has 3 aliphatic rings. The Bertz CT molecular complexity index is 1630. The number of nitrogens with two attached hydrogens (primary N) is 1. The number of nitrogens with one attached hydrogen (secondary N) is 2. The van der Waals surface area contributed by atoms with Crippen LogP contribution in [0.1, 0.15) is 48.2 Å². The molecule has 0 radical (unpaired) electrons. The number of aromatic hydroxyl groups is 1. The highest BCUT2D eigenvalue weighted by molar-refractivity contribution is 6.22. The maximum Gasteiger partial charge on any atom is 0.255 e. The number of carbonyl (C=O) groups excluding carboxylic acids is 4. The molecule has 1 saturated carbocycles. The molecule has 2 amide bonds. The van der Waals surface area contributed by atoms with Gasteiger partial charge in [0.15, 0.2) is 11.4 Å². The van der Waals surface area contributed by atoms with Gasteiger partial charge in [-0.3, -0.25) is 19.2 Å². The average Bonchev–Trinajstić information content (AvgIpc) is 3.01. The smallest absolute Gasteiger partial charge is 0.255 e. The molecular weight excluding hydrogens is 592 g/mol. The van der Waals surface area contributed by atoms with Crippen molar-refractivity contribution < 1.29 is 39.6 Å². The van der Waals surface area contributed by atoms with Crippen LogP contribution in [0.5, 0.6) is 5.75 Å². The zero-order valence-corrected chi connectivity index (χ0v) is 26.5. The zero-order valence-electron chi connectivity index (χ0n) is 26.5.